The van der Waals surface area contributed by atoms with Crippen LogP contribution in [0, 0.1) is 0 Å². The molecular weight excluding hydrogens is 259 g/mol. The predicted molar refractivity (Wildman–Crippen MR) is 59.2 cm³/mol. The van der Waals surface area contributed by atoms with Crippen LogP contribution in [0.2, 0.25) is 0 Å². The fourth-order valence-electron chi connectivity index (χ4n) is 1.23. The van der Waals surface area contributed by atoms with E-state index in [0.29, 0.717) is 5.75 Å². The predicted octanol–water partition coefficient (Wildman–Crippen LogP) is 2.04. The minimum Gasteiger partial charge on any atom is -0.497 e. The molecule has 0 unspecified atom stereocenters. The molecule has 0 saturated carbocycles. The average Bonchev–Trinajstić information content (AvgIpc) is 2.26. The van der Waals surface area contributed by atoms with Crippen LogP contribution in [0.4, 0.5) is 13.2 Å². The van der Waals surface area contributed by atoms with Crippen LogP contribution in [0.25, 0.3) is 0 Å². The quantitative estimate of drug-likeness (QED) is 0.885. The summed E-state index contributed by atoms with van der Waals surface area (Å²) in [5.74, 6) is 0.391. The van der Waals surface area contributed by atoms with Gasteiger partial charge >= 0.3 is 6.18 Å². The smallest absolute Gasteiger partial charge is 0.416 e. The highest BCUT2D eigenvalue weighted by molar-refractivity contribution is 5.85. The van der Waals surface area contributed by atoms with Crippen molar-refractivity contribution >= 4 is 12.4 Å². The Bertz CT molecular complexity index is 360. The van der Waals surface area contributed by atoms with Gasteiger partial charge in [0, 0.05) is 0 Å². The maximum absolute atomic E-state index is 12.2. The first-order chi connectivity index (χ1) is 7.36. The number of aliphatic hydroxyl groups is 1. The Hall–Kier alpha value is -0.980. The molecule has 98 valence electrons. The highest BCUT2D eigenvalue weighted by atomic mass is 35.5. The Balaban J connectivity index is 0.00000256. The van der Waals surface area contributed by atoms with Gasteiger partial charge in [0.05, 0.1) is 13.2 Å². The van der Waals surface area contributed by atoms with E-state index in [4.69, 9.17) is 15.6 Å². The summed E-state index contributed by atoms with van der Waals surface area (Å²) < 4.78 is 41.5. The number of methoxy groups -OCH3 is 1. The molecule has 0 saturated heterocycles. The molecule has 3 N–H and O–H groups in total. The number of hydrogen-bond acceptors (Lipinski definition) is 3. The van der Waals surface area contributed by atoms with E-state index < -0.39 is 18.3 Å². The highest BCUT2D eigenvalue weighted by Crippen LogP contribution is 2.29. The van der Waals surface area contributed by atoms with Gasteiger partial charge in [0.1, 0.15) is 5.75 Å². The van der Waals surface area contributed by atoms with E-state index in [-0.39, 0.29) is 18.0 Å². The van der Waals surface area contributed by atoms with Gasteiger partial charge in [-0.15, -0.1) is 12.4 Å². The molecule has 17 heavy (non-hydrogen) atoms. The van der Waals surface area contributed by atoms with E-state index >= 15 is 0 Å². The fourth-order valence-corrected chi connectivity index (χ4v) is 1.23. The minimum absolute atomic E-state index is 0. The zero-order chi connectivity index (χ0) is 12.3. The Kier molecular flexibility index (Phi) is 5.74. The van der Waals surface area contributed by atoms with Crippen molar-refractivity contribution in [3.8, 4) is 5.75 Å². The number of hydrogen-bond donors (Lipinski definition) is 2. The molecule has 1 aromatic rings. The van der Waals surface area contributed by atoms with Crippen molar-refractivity contribution in [2.75, 3.05) is 7.11 Å². The van der Waals surface area contributed by atoms with Crippen LogP contribution < -0.4 is 10.5 Å². The van der Waals surface area contributed by atoms with Gasteiger partial charge in [0.2, 0.25) is 0 Å². The molecule has 2 atom stereocenters. The maximum atomic E-state index is 12.2. The normalized spacial score (nSPS) is 14.7. The summed E-state index contributed by atoms with van der Waals surface area (Å²) in [6.07, 6.45) is -7.32. The first-order valence-electron chi connectivity index (χ1n) is 4.50. The van der Waals surface area contributed by atoms with Gasteiger partial charge in [0.15, 0.2) is 6.10 Å². The molecule has 7 heteroatoms. The van der Waals surface area contributed by atoms with Crippen molar-refractivity contribution in [2.45, 2.75) is 18.3 Å². The third-order valence-electron chi connectivity index (χ3n) is 2.15. The largest absolute Gasteiger partial charge is 0.497 e. The third kappa shape index (κ3) is 4.07. The van der Waals surface area contributed by atoms with Gasteiger partial charge in [0.25, 0.3) is 0 Å². The van der Waals surface area contributed by atoms with Crippen LogP contribution in [0.3, 0.4) is 0 Å². The number of nitrogens with two attached hydrogens (primary N) is 1. The van der Waals surface area contributed by atoms with Crippen molar-refractivity contribution in [1.82, 2.24) is 0 Å². The fraction of sp³-hybridized carbons (Fsp3) is 0.400. The summed E-state index contributed by atoms with van der Waals surface area (Å²) in [4.78, 5) is 0. The first-order valence-corrected chi connectivity index (χ1v) is 4.50. The minimum atomic E-state index is -4.73. The molecule has 0 bridgehead atoms. The Labute approximate surface area is 103 Å². The molecule has 0 radical (unpaired) electrons. The van der Waals surface area contributed by atoms with E-state index in [0.717, 1.165) is 0 Å². The molecule has 0 fully saturated rings. The Morgan fingerprint density at radius 1 is 1.35 bits per heavy atom. The summed E-state index contributed by atoms with van der Waals surface area (Å²) in [6, 6.07) is 4.34. The topological polar surface area (TPSA) is 55.5 Å². The molecular formula is C10H13ClF3NO2. The van der Waals surface area contributed by atoms with Crippen LogP contribution in [-0.4, -0.2) is 24.5 Å². The van der Waals surface area contributed by atoms with Crippen LogP contribution in [0.1, 0.15) is 11.6 Å². The lowest BCUT2D eigenvalue weighted by atomic mass is 10.0. The van der Waals surface area contributed by atoms with Crippen molar-refractivity contribution in [2.24, 2.45) is 5.73 Å². The Morgan fingerprint density at radius 3 is 2.41 bits per heavy atom. The molecule has 0 heterocycles. The second-order valence-electron chi connectivity index (χ2n) is 3.29. The van der Waals surface area contributed by atoms with Gasteiger partial charge in [-0.3, -0.25) is 0 Å². The Morgan fingerprint density at radius 2 is 1.94 bits per heavy atom. The van der Waals surface area contributed by atoms with Crippen molar-refractivity contribution in [1.29, 1.82) is 0 Å². The molecule has 0 spiro atoms. The average molecular weight is 272 g/mol. The lowest BCUT2D eigenvalue weighted by molar-refractivity contribution is -0.210. The SMILES string of the molecule is COc1cccc([C@@H](N)[C@@H](O)C(F)(F)F)c1.Cl. The van der Waals surface area contributed by atoms with Crippen LogP contribution in [0.5, 0.6) is 5.75 Å². The van der Waals surface area contributed by atoms with Gasteiger partial charge in [-0.05, 0) is 17.7 Å². The van der Waals surface area contributed by atoms with E-state index in [1.807, 2.05) is 0 Å². The van der Waals surface area contributed by atoms with Crippen LogP contribution in [-0.2, 0) is 0 Å². The van der Waals surface area contributed by atoms with E-state index in [9.17, 15) is 13.2 Å². The molecule has 0 aliphatic heterocycles. The summed E-state index contributed by atoms with van der Waals surface area (Å²) in [7, 11) is 1.39. The number of aliphatic hydroxyl groups excluding tert-OH is 1. The highest BCUT2D eigenvalue weighted by Gasteiger charge is 2.42. The monoisotopic (exact) mass is 271 g/mol. The molecule has 1 rings (SSSR count). The van der Waals surface area contributed by atoms with Gasteiger partial charge in [-0.2, -0.15) is 13.2 Å². The zero-order valence-electron chi connectivity index (χ0n) is 8.94. The van der Waals surface area contributed by atoms with Gasteiger partial charge in [-0.25, -0.2) is 0 Å². The molecule has 1 aromatic carbocycles. The standard InChI is InChI=1S/C10H12F3NO2.ClH/c1-16-7-4-2-3-6(5-7)8(14)9(15)10(11,12)13;/h2-5,8-9,15H,14H2,1H3;1H/t8-,9-;/m1./s1. The number of halogens is 4. The van der Waals surface area contributed by atoms with Gasteiger partial charge in [-0.1, -0.05) is 12.1 Å². The summed E-state index contributed by atoms with van der Waals surface area (Å²) >= 11 is 0. The molecule has 0 aliphatic rings. The third-order valence-corrected chi connectivity index (χ3v) is 2.15. The molecule has 3 nitrogen and oxygen atoms in total. The number of rotatable bonds is 3. The van der Waals surface area contributed by atoms with Crippen molar-refractivity contribution < 1.29 is 23.0 Å². The van der Waals surface area contributed by atoms with Gasteiger partial charge < -0.3 is 15.6 Å². The lowest BCUT2D eigenvalue weighted by Crippen LogP contribution is -2.38. The summed E-state index contributed by atoms with van der Waals surface area (Å²) in [5, 5.41) is 8.98. The number of benzene rings is 1. The second kappa shape index (κ2) is 6.09. The summed E-state index contributed by atoms with van der Waals surface area (Å²) in [6.45, 7) is 0. The van der Waals surface area contributed by atoms with E-state index in [1.165, 1.54) is 25.3 Å². The second-order valence-corrected chi connectivity index (χ2v) is 3.29. The maximum Gasteiger partial charge on any atom is 0.416 e. The zero-order valence-corrected chi connectivity index (χ0v) is 9.76. The van der Waals surface area contributed by atoms with Crippen LogP contribution in [0.15, 0.2) is 24.3 Å². The first kappa shape index (κ1) is 16.0. The van der Waals surface area contributed by atoms with Crippen LogP contribution >= 0.6 is 12.4 Å². The van der Waals surface area contributed by atoms with E-state index in [2.05, 4.69) is 0 Å². The molecule has 0 aliphatic carbocycles. The summed E-state index contributed by atoms with van der Waals surface area (Å²) in [5.41, 5.74) is 5.49. The van der Waals surface area contributed by atoms with E-state index in [1.54, 1.807) is 6.07 Å². The van der Waals surface area contributed by atoms with Crippen molar-refractivity contribution in [3.05, 3.63) is 29.8 Å². The molecule has 0 aromatic heterocycles. The molecule has 0 amide bonds. The lowest BCUT2D eigenvalue weighted by Gasteiger charge is -2.21. The van der Waals surface area contributed by atoms with Crippen molar-refractivity contribution in [3.63, 3.8) is 0 Å². The number of ether oxygens (including phenoxy) is 1. The number of alkyl halides is 3.